The Bertz CT molecular complexity index is 224. The average Bonchev–Trinajstić information content (AvgIpc) is 2.25. The molecule has 0 aromatic rings. The summed E-state index contributed by atoms with van der Waals surface area (Å²) in [6.07, 6.45) is 0. The standard InChI is InChI=1S/C16H37N3/c1-9-17-15(4)16(5,6)13-19(12-14(2)3)11-10-18(7)8/h14-15,17H,9-13H2,1-8H3. The normalized spacial score (nSPS) is 14.7. The molecule has 0 aliphatic rings. The lowest BCUT2D eigenvalue weighted by atomic mass is 9.84. The third-order valence-electron chi connectivity index (χ3n) is 3.80. The molecule has 0 rings (SSSR count). The molecule has 3 nitrogen and oxygen atoms in total. The lowest BCUT2D eigenvalue weighted by molar-refractivity contribution is 0.124. The highest BCUT2D eigenvalue weighted by Gasteiger charge is 2.27. The van der Waals surface area contributed by atoms with Gasteiger partial charge in [0.05, 0.1) is 0 Å². The molecule has 116 valence electrons. The van der Waals surface area contributed by atoms with Crippen molar-refractivity contribution < 1.29 is 0 Å². The first-order valence-corrected chi connectivity index (χ1v) is 7.79. The van der Waals surface area contributed by atoms with E-state index in [-0.39, 0.29) is 0 Å². The fourth-order valence-electron chi connectivity index (χ4n) is 2.39. The Morgan fingerprint density at radius 3 is 2.05 bits per heavy atom. The second-order valence-corrected chi connectivity index (χ2v) is 7.20. The van der Waals surface area contributed by atoms with Crippen molar-refractivity contribution in [3.63, 3.8) is 0 Å². The first-order valence-electron chi connectivity index (χ1n) is 7.79. The summed E-state index contributed by atoms with van der Waals surface area (Å²) in [6, 6.07) is 0.548. The molecular formula is C16H37N3. The molecule has 1 N–H and O–H groups in total. The van der Waals surface area contributed by atoms with Crippen molar-refractivity contribution in [2.75, 3.05) is 46.8 Å². The fraction of sp³-hybridized carbons (Fsp3) is 1.00. The molecule has 0 spiro atoms. The van der Waals surface area contributed by atoms with Gasteiger partial charge in [0.15, 0.2) is 0 Å². The van der Waals surface area contributed by atoms with Crippen LogP contribution in [0, 0.1) is 11.3 Å². The first kappa shape index (κ1) is 18.9. The van der Waals surface area contributed by atoms with Crippen LogP contribution in [0.5, 0.6) is 0 Å². The summed E-state index contributed by atoms with van der Waals surface area (Å²) in [4.78, 5) is 4.90. The molecular weight excluding hydrogens is 234 g/mol. The minimum Gasteiger partial charge on any atom is -0.314 e. The van der Waals surface area contributed by atoms with Gasteiger partial charge in [0.2, 0.25) is 0 Å². The summed E-state index contributed by atoms with van der Waals surface area (Å²) in [7, 11) is 4.31. The van der Waals surface area contributed by atoms with Crippen molar-refractivity contribution >= 4 is 0 Å². The van der Waals surface area contributed by atoms with Crippen LogP contribution in [0.3, 0.4) is 0 Å². The minimum absolute atomic E-state index is 0.303. The zero-order valence-electron chi connectivity index (χ0n) is 14.6. The summed E-state index contributed by atoms with van der Waals surface area (Å²) in [5, 5.41) is 3.57. The van der Waals surface area contributed by atoms with Gasteiger partial charge < -0.3 is 15.1 Å². The second kappa shape index (κ2) is 8.93. The minimum atomic E-state index is 0.303. The largest absolute Gasteiger partial charge is 0.314 e. The molecule has 3 heteroatoms. The van der Waals surface area contributed by atoms with Crippen molar-refractivity contribution in [2.24, 2.45) is 11.3 Å². The third kappa shape index (κ3) is 8.61. The molecule has 0 fully saturated rings. The van der Waals surface area contributed by atoms with Crippen LogP contribution in [0.1, 0.15) is 41.5 Å². The van der Waals surface area contributed by atoms with Gasteiger partial charge in [-0.05, 0) is 38.9 Å². The van der Waals surface area contributed by atoms with Gasteiger partial charge in [-0.15, -0.1) is 0 Å². The van der Waals surface area contributed by atoms with Gasteiger partial charge in [0.25, 0.3) is 0 Å². The van der Waals surface area contributed by atoms with Crippen LogP contribution in [0.4, 0.5) is 0 Å². The number of hydrogen-bond acceptors (Lipinski definition) is 3. The molecule has 19 heavy (non-hydrogen) atoms. The summed E-state index contributed by atoms with van der Waals surface area (Å²) in [5.41, 5.74) is 0.303. The Morgan fingerprint density at radius 2 is 1.63 bits per heavy atom. The van der Waals surface area contributed by atoms with Gasteiger partial charge in [-0.1, -0.05) is 34.6 Å². The lowest BCUT2D eigenvalue weighted by Crippen LogP contribution is -2.48. The summed E-state index contributed by atoms with van der Waals surface area (Å²) < 4.78 is 0. The van der Waals surface area contributed by atoms with Crippen molar-refractivity contribution in [1.82, 2.24) is 15.1 Å². The van der Waals surface area contributed by atoms with E-state index in [1.54, 1.807) is 0 Å². The van der Waals surface area contributed by atoms with Crippen molar-refractivity contribution in [3.8, 4) is 0 Å². The highest BCUT2D eigenvalue weighted by atomic mass is 15.2. The zero-order chi connectivity index (χ0) is 15.1. The van der Waals surface area contributed by atoms with Crippen LogP contribution in [0.15, 0.2) is 0 Å². The number of likely N-dealkylation sites (N-methyl/N-ethyl adjacent to an activating group) is 1. The third-order valence-corrected chi connectivity index (χ3v) is 3.80. The molecule has 0 radical (unpaired) electrons. The Kier molecular flexibility index (Phi) is 8.88. The number of rotatable bonds is 10. The summed E-state index contributed by atoms with van der Waals surface area (Å²) >= 11 is 0. The number of nitrogens with one attached hydrogen (secondary N) is 1. The second-order valence-electron chi connectivity index (χ2n) is 7.20. The number of hydrogen-bond donors (Lipinski definition) is 1. The topological polar surface area (TPSA) is 18.5 Å². The molecule has 0 amide bonds. The van der Waals surface area contributed by atoms with Crippen LogP contribution in [-0.2, 0) is 0 Å². The van der Waals surface area contributed by atoms with E-state index in [9.17, 15) is 0 Å². The molecule has 1 atom stereocenters. The Balaban J connectivity index is 4.50. The maximum absolute atomic E-state index is 3.57. The van der Waals surface area contributed by atoms with Gasteiger partial charge in [0, 0.05) is 32.2 Å². The lowest BCUT2D eigenvalue weighted by Gasteiger charge is -2.38. The maximum atomic E-state index is 3.57. The molecule has 0 saturated heterocycles. The Morgan fingerprint density at radius 1 is 1.05 bits per heavy atom. The fourth-order valence-corrected chi connectivity index (χ4v) is 2.39. The monoisotopic (exact) mass is 271 g/mol. The van der Waals surface area contributed by atoms with Crippen LogP contribution < -0.4 is 5.32 Å². The van der Waals surface area contributed by atoms with Gasteiger partial charge in [-0.25, -0.2) is 0 Å². The van der Waals surface area contributed by atoms with Crippen molar-refractivity contribution in [1.29, 1.82) is 0 Å². The predicted octanol–water partition coefficient (Wildman–Crippen LogP) is 2.53. The van der Waals surface area contributed by atoms with Crippen molar-refractivity contribution in [2.45, 2.75) is 47.6 Å². The van der Waals surface area contributed by atoms with Gasteiger partial charge in [0.1, 0.15) is 0 Å². The molecule has 0 aliphatic heterocycles. The highest BCUT2D eigenvalue weighted by Crippen LogP contribution is 2.22. The zero-order valence-corrected chi connectivity index (χ0v) is 14.6. The molecule has 0 saturated carbocycles. The summed E-state index contributed by atoms with van der Waals surface area (Å²) in [5.74, 6) is 0.729. The van der Waals surface area contributed by atoms with Gasteiger partial charge in [-0.2, -0.15) is 0 Å². The van der Waals surface area contributed by atoms with E-state index in [1.807, 2.05) is 0 Å². The summed E-state index contributed by atoms with van der Waals surface area (Å²) in [6.45, 7) is 19.6. The molecule has 0 aliphatic carbocycles. The average molecular weight is 271 g/mol. The SMILES string of the molecule is CCNC(C)C(C)(C)CN(CCN(C)C)CC(C)C. The molecule has 0 heterocycles. The first-order chi connectivity index (χ1) is 8.69. The Hall–Kier alpha value is -0.120. The predicted molar refractivity (Wildman–Crippen MR) is 86.8 cm³/mol. The van der Waals surface area contributed by atoms with E-state index in [2.05, 4.69) is 70.8 Å². The van der Waals surface area contributed by atoms with E-state index in [0.717, 1.165) is 32.1 Å². The van der Waals surface area contributed by atoms with Gasteiger partial charge in [-0.3, -0.25) is 0 Å². The van der Waals surface area contributed by atoms with E-state index >= 15 is 0 Å². The quantitative estimate of drug-likeness (QED) is 0.659. The van der Waals surface area contributed by atoms with E-state index in [1.165, 1.54) is 6.54 Å². The molecule has 0 aromatic heterocycles. The molecule has 0 aromatic carbocycles. The van der Waals surface area contributed by atoms with Crippen LogP contribution in [0.25, 0.3) is 0 Å². The van der Waals surface area contributed by atoms with E-state index in [4.69, 9.17) is 0 Å². The van der Waals surface area contributed by atoms with Crippen molar-refractivity contribution in [3.05, 3.63) is 0 Å². The highest BCUT2D eigenvalue weighted by molar-refractivity contribution is 4.84. The van der Waals surface area contributed by atoms with Crippen LogP contribution in [-0.4, -0.2) is 62.7 Å². The molecule has 1 unspecified atom stereocenters. The Labute approximate surface area is 121 Å². The van der Waals surface area contributed by atoms with Gasteiger partial charge >= 0.3 is 0 Å². The number of nitrogens with zero attached hydrogens (tertiary/aromatic N) is 2. The van der Waals surface area contributed by atoms with E-state index in [0.29, 0.717) is 11.5 Å². The smallest absolute Gasteiger partial charge is 0.0109 e. The maximum Gasteiger partial charge on any atom is 0.0109 e. The molecule has 0 bridgehead atoms. The van der Waals surface area contributed by atoms with Crippen LogP contribution >= 0.6 is 0 Å². The van der Waals surface area contributed by atoms with Crippen LogP contribution in [0.2, 0.25) is 0 Å². The van der Waals surface area contributed by atoms with E-state index < -0.39 is 0 Å².